The normalized spacial score (nSPS) is 16.2. The molecule has 1 atom stereocenters. The Morgan fingerprint density at radius 1 is 1.28 bits per heavy atom. The minimum Gasteiger partial charge on any atom is -0.494 e. The van der Waals surface area contributed by atoms with E-state index in [0.29, 0.717) is 32.0 Å². The maximum Gasteiger partial charge on any atom is 0.224 e. The molecule has 2 N–H and O–H groups in total. The van der Waals surface area contributed by atoms with E-state index in [1.807, 2.05) is 35.9 Å². The highest BCUT2D eigenvalue weighted by Crippen LogP contribution is 2.26. The molecule has 1 amide bonds. The van der Waals surface area contributed by atoms with Crippen LogP contribution < -0.4 is 15.4 Å². The molecule has 0 aliphatic carbocycles. The van der Waals surface area contributed by atoms with Gasteiger partial charge in [0.05, 0.1) is 25.3 Å². The van der Waals surface area contributed by atoms with Gasteiger partial charge < -0.3 is 15.4 Å². The van der Waals surface area contributed by atoms with Gasteiger partial charge in [-0.2, -0.15) is 5.10 Å². The average molecular weight is 394 g/mol. The molecular formula is C21H26N6O2. The van der Waals surface area contributed by atoms with Crippen molar-refractivity contribution < 1.29 is 9.53 Å². The number of rotatable bonds is 8. The fourth-order valence-electron chi connectivity index (χ4n) is 3.66. The second kappa shape index (κ2) is 9.00. The number of benzene rings is 1. The van der Waals surface area contributed by atoms with Gasteiger partial charge in [0, 0.05) is 31.4 Å². The van der Waals surface area contributed by atoms with Crippen molar-refractivity contribution in [3.05, 3.63) is 47.9 Å². The van der Waals surface area contributed by atoms with E-state index in [2.05, 4.69) is 20.6 Å². The Hall–Kier alpha value is -3.00. The Kier molecular flexibility index (Phi) is 6.00. The molecule has 1 aliphatic rings. The monoisotopic (exact) mass is 394 g/mol. The SMILES string of the molecule is CCOc1ccc(CC(=O)NCCn2nc([C@H]3CCNC3)c3nccnc32)cc1. The van der Waals surface area contributed by atoms with Gasteiger partial charge in [-0.3, -0.25) is 4.79 Å². The van der Waals surface area contributed by atoms with E-state index in [1.54, 1.807) is 12.4 Å². The zero-order valence-electron chi connectivity index (χ0n) is 16.6. The van der Waals surface area contributed by atoms with Gasteiger partial charge in [0.1, 0.15) is 11.3 Å². The molecule has 1 aliphatic heterocycles. The lowest BCUT2D eigenvalue weighted by Gasteiger charge is -2.07. The molecule has 0 bridgehead atoms. The highest BCUT2D eigenvalue weighted by atomic mass is 16.5. The molecule has 29 heavy (non-hydrogen) atoms. The molecule has 2 aromatic heterocycles. The Morgan fingerprint density at radius 3 is 2.86 bits per heavy atom. The van der Waals surface area contributed by atoms with Gasteiger partial charge >= 0.3 is 0 Å². The van der Waals surface area contributed by atoms with Crippen LogP contribution in [0.15, 0.2) is 36.7 Å². The number of ether oxygens (including phenoxy) is 1. The second-order valence-corrected chi connectivity index (χ2v) is 7.13. The fourth-order valence-corrected chi connectivity index (χ4v) is 3.66. The third kappa shape index (κ3) is 4.54. The average Bonchev–Trinajstić information content (AvgIpc) is 3.38. The first kappa shape index (κ1) is 19.3. The first-order valence-corrected chi connectivity index (χ1v) is 10.1. The van der Waals surface area contributed by atoms with Crippen LogP contribution in [0, 0.1) is 0 Å². The van der Waals surface area contributed by atoms with Crippen molar-refractivity contribution in [2.45, 2.75) is 32.2 Å². The summed E-state index contributed by atoms with van der Waals surface area (Å²) >= 11 is 0. The van der Waals surface area contributed by atoms with Crippen LogP contribution in [0.4, 0.5) is 0 Å². The van der Waals surface area contributed by atoms with E-state index in [1.165, 1.54) is 0 Å². The lowest BCUT2D eigenvalue weighted by molar-refractivity contribution is -0.120. The largest absolute Gasteiger partial charge is 0.494 e. The van der Waals surface area contributed by atoms with Gasteiger partial charge in [0.15, 0.2) is 5.65 Å². The quantitative estimate of drug-likeness (QED) is 0.604. The van der Waals surface area contributed by atoms with Gasteiger partial charge in [0.2, 0.25) is 5.91 Å². The standard InChI is InChI=1S/C21H26N6O2/c1-2-29-17-5-3-15(4-6-17)13-18(28)23-11-12-27-21-20(24-9-10-25-21)19(26-27)16-7-8-22-14-16/h3-6,9-10,16,22H,2,7-8,11-14H2,1H3,(H,23,28)/t16-/m0/s1. The van der Waals surface area contributed by atoms with Crippen LogP contribution >= 0.6 is 0 Å². The topological polar surface area (TPSA) is 94.0 Å². The molecule has 1 aromatic carbocycles. The van der Waals surface area contributed by atoms with Crippen molar-refractivity contribution >= 4 is 17.1 Å². The number of carbonyl (C=O) groups excluding carboxylic acids is 1. The van der Waals surface area contributed by atoms with Crippen molar-refractivity contribution in [1.82, 2.24) is 30.4 Å². The molecule has 0 radical (unpaired) electrons. The number of fused-ring (bicyclic) bond motifs is 1. The fraction of sp³-hybridized carbons (Fsp3) is 0.429. The van der Waals surface area contributed by atoms with Crippen LogP contribution in [0.3, 0.4) is 0 Å². The summed E-state index contributed by atoms with van der Waals surface area (Å²) in [5.41, 5.74) is 3.59. The lowest BCUT2D eigenvalue weighted by atomic mass is 10.0. The van der Waals surface area contributed by atoms with Gasteiger partial charge in [-0.15, -0.1) is 0 Å². The van der Waals surface area contributed by atoms with Crippen molar-refractivity contribution in [3.8, 4) is 5.75 Å². The van der Waals surface area contributed by atoms with Crippen LogP contribution in [-0.4, -0.2) is 51.9 Å². The molecule has 1 saturated heterocycles. The number of nitrogens with one attached hydrogen (secondary N) is 2. The maximum atomic E-state index is 12.3. The number of aromatic nitrogens is 4. The number of hydrogen-bond acceptors (Lipinski definition) is 6. The molecule has 3 aromatic rings. The number of amides is 1. The van der Waals surface area contributed by atoms with Crippen LogP contribution in [0.5, 0.6) is 5.75 Å². The Balaban J connectivity index is 1.35. The summed E-state index contributed by atoms with van der Waals surface area (Å²) in [7, 11) is 0. The van der Waals surface area contributed by atoms with Gasteiger partial charge in [-0.25, -0.2) is 14.6 Å². The van der Waals surface area contributed by atoms with Gasteiger partial charge in [0.25, 0.3) is 0 Å². The Labute approximate surface area is 169 Å². The summed E-state index contributed by atoms with van der Waals surface area (Å²) in [5, 5.41) is 11.1. The summed E-state index contributed by atoms with van der Waals surface area (Å²) in [4.78, 5) is 21.2. The predicted molar refractivity (Wildman–Crippen MR) is 110 cm³/mol. The third-order valence-corrected chi connectivity index (χ3v) is 5.09. The molecule has 152 valence electrons. The van der Waals surface area contributed by atoms with Crippen molar-refractivity contribution in [2.75, 3.05) is 26.2 Å². The summed E-state index contributed by atoms with van der Waals surface area (Å²) in [6.45, 7) is 5.55. The predicted octanol–water partition coefficient (Wildman–Crippen LogP) is 1.66. The van der Waals surface area contributed by atoms with Crippen LogP contribution in [0.2, 0.25) is 0 Å². The molecule has 3 heterocycles. The molecular weight excluding hydrogens is 368 g/mol. The molecule has 4 rings (SSSR count). The van der Waals surface area contributed by atoms with Gasteiger partial charge in [-0.05, 0) is 37.6 Å². The third-order valence-electron chi connectivity index (χ3n) is 5.09. The summed E-state index contributed by atoms with van der Waals surface area (Å²) in [6.07, 6.45) is 4.78. The highest BCUT2D eigenvalue weighted by Gasteiger charge is 2.24. The lowest BCUT2D eigenvalue weighted by Crippen LogP contribution is -2.29. The number of hydrogen-bond donors (Lipinski definition) is 2. The van der Waals surface area contributed by atoms with E-state index in [4.69, 9.17) is 9.84 Å². The van der Waals surface area contributed by atoms with Crippen molar-refractivity contribution in [1.29, 1.82) is 0 Å². The highest BCUT2D eigenvalue weighted by molar-refractivity contribution is 5.78. The van der Waals surface area contributed by atoms with Crippen LogP contribution in [0.1, 0.15) is 30.5 Å². The van der Waals surface area contributed by atoms with Gasteiger partial charge in [-0.1, -0.05) is 12.1 Å². The summed E-state index contributed by atoms with van der Waals surface area (Å²) in [6, 6.07) is 7.62. The molecule has 0 unspecified atom stereocenters. The van der Waals surface area contributed by atoms with E-state index in [9.17, 15) is 4.79 Å². The first-order valence-electron chi connectivity index (χ1n) is 10.1. The van der Waals surface area contributed by atoms with E-state index in [-0.39, 0.29) is 5.91 Å². The molecule has 8 heteroatoms. The number of carbonyl (C=O) groups is 1. The second-order valence-electron chi connectivity index (χ2n) is 7.13. The number of nitrogens with zero attached hydrogens (tertiary/aromatic N) is 4. The summed E-state index contributed by atoms with van der Waals surface area (Å²) in [5.74, 6) is 1.17. The smallest absolute Gasteiger partial charge is 0.224 e. The minimum atomic E-state index is -0.0167. The van der Waals surface area contributed by atoms with Crippen LogP contribution in [0.25, 0.3) is 11.2 Å². The molecule has 0 saturated carbocycles. The van der Waals surface area contributed by atoms with Crippen molar-refractivity contribution in [3.63, 3.8) is 0 Å². The first-order chi connectivity index (χ1) is 14.2. The Bertz CT molecular complexity index is 963. The molecule has 8 nitrogen and oxygen atoms in total. The zero-order chi connectivity index (χ0) is 20.1. The molecule has 1 fully saturated rings. The van der Waals surface area contributed by atoms with Crippen LogP contribution in [-0.2, 0) is 17.8 Å². The summed E-state index contributed by atoms with van der Waals surface area (Å²) < 4.78 is 7.28. The van der Waals surface area contributed by atoms with E-state index in [0.717, 1.165) is 47.7 Å². The van der Waals surface area contributed by atoms with E-state index >= 15 is 0 Å². The molecule has 0 spiro atoms. The maximum absolute atomic E-state index is 12.3. The Morgan fingerprint density at radius 2 is 2.10 bits per heavy atom. The van der Waals surface area contributed by atoms with E-state index < -0.39 is 0 Å². The zero-order valence-corrected chi connectivity index (χ0v) is 16.6. The van der Waals surface area contributed by atoms with Crippen molar-refractivity contribution in [2.24, 2.45) is 0 Å². The minimum absolute atomic E-state index is 0.0167.